The number of anilines is 2. The van der Waals surface area contributed by atoms with Crippen LogP contribution in [0.1, 0.15) is 12.8 Å². The predicted octanol–water partition coefficient (Wildman–Crippen LogP) is 5.56. The first-order valence-corrected chi connectivity index (χ1v) is 10.8. The largest absolute Gasteiger partial charge is 0.457 e. The van der Waals surface area contributed by atoms with Gasteiger partial charge in [0, 0.05) is 22.2 Å². The van der Waals surface area contributed by atoms with Gasteiger partial charge >= 0.3 is 0 Å². The minimum Gasteiger partial charge on any atom is -0.457 e. The van der Waals surface area contributed by atoms with Gasteiger partial charge in [-0.05, 0) is 67.4 Å². The average molecular weight is 419 g/mol. The zero-order valence-electron chi connectivity index (χ0n) is 16.3. The van der Waals surface area contributed by atoms with Gasteiger partial charge in [-0.1, -0.05) is 24.3 Å². The number of amides is 2. The fourth-order valence-electron chi connectivity index (χ4n) is 2.83. The Morgan fingerprint density at radius 2 is 1.57 bits per heavy atom. The van der Waals surface area contributed by atoms with Gasteiger partial charge in [-0.25, -0.2) is 0 Å². The smallest absolute Gasteiger partial charge is 0.234 e. The molecule has 2 N–H and O–H groups in total. The van der Waals surface area contributed by atoms with E-state index in [2.05, 4.69) is 10.6 Å². The standard InChI is InChI=1S/C24H22N2O3S/c27-23(16-30-22-8-4-5-19(15-22)26-24(28)17-9-10-17)25-18-11-13-21(14-12-18)29-20-6-2-1-3-7-20/h1-8,11-15,17H,9-10,16H2,(H,25,27)(H,26,28). The van der Waals surface area contributed by atoms with Crippen molar-refractivity contribution in [2.45, 2.75) is 17.7 Å². The fraction of sp³-hybridized carbons (Fsp3) is 0.167. The summed E-state index contributed by atoms with van der Waals surface area (Å²) in [6, 6.07) is 24.4. The molecule has 3 aromatic carbocycles. The van der Waals surface area contributed by atoms with E-state index in [0.29, 0.717) is 11.4 Å². The molecule has 0 atom stereocenters. The zero-order valence-corrected chi connectivity index (χ0v) is 17.2. The molecular weight excluding hydrogens is 396 g/mol. The van der Waals surface area contributed by atoms with Gasteiger partial charge in [-0.15, -0.1) is 11.8 Å². The summed E-state index contributed by atoms with van der Waals surface area (Å²) in [5, 5.41) is 5.82. The number of carbonyl (C=O) groups is 2. The summed E-state index contributed by atoms with van der Waals surface area (Å²) in [6.07, 6.45) is 1.94. The summed E-state index contributed by atoms with van der Waals surface area (Å²) in [4.78, 5) is 25.1. The molecule has 0 radical (unpaired) electrons. The van der Waals surface area contributed by atoms with E-state index in [-0.39, 0.29) is 23.5 Å². The van der Waals surface area contributed by atoms with Crippen LogP contribution < -0.4 is 15.4 Å². The van der Waals surface area contributed by atoms with Crippen molar-refractivity contribution in [2.24, 2.45) is 5.92 Å². The highest BCUT2D eigenvalue weighted by Gasteiger charge is 2.29. The Morgan fingerprint density at radius 1 is 0.833 bits per heavy atom. The Bertz CT molecular complexity index is 1020. The number of hydrogen-bond donors (Lipinski definition) is 2. The minimum atomic E-state index is -0.0934. The van der Waals surface area contributed by atoms with E-state index < -0.39 is 0 Å². The van der Waals surface area contributed by atoms with Crippen molar-refractivity contribution >= 4 is 35.0 Å². The van der Waals surface area contributed by atoms with Gasteiger partial charge in [0.2, 0.25) is 11.8 Å². The highest BCUT2D eigenvalue weighted by atomic mass is 32.2. The molecule has 2 amide bonds. The first-order chi connectivity index (χ1) is 14.7. The third-order valence-electron chi connectivity index (χ3n) is 4.54. The van der Waals surface area contributed by atoms with Gasteiger partial charge in [-0.2, -0.15) is 0 Å². The topological polar surface area (TPSA) is 67.4 Å². The summed E-state index contributed by atoms with van der Waals surface area (Å²) in [5.74, 6) is 1.90. The van der Waals surface area contributed by atoms with E-state index in [1.54, 1.807) is 0 Å². The van der Waals surface area contributed by atoms with Gasteiger partial charge in [0.25, 0.3) is 0 Å². The summed E-state index contributed by atoms with van der Waals surface area (Å²) < 4.78 is 5.75. The first kappa shape index (κ1) is 20.0. The number of benzene rings is 3. The second kappa shape index (κ2) is 9.50. The third kappa shape index (κ3) is 5.87. The molecule has 0 saturated heterocycles. The van der Waals surface area contributed by atoms with Crippen LogP contribution in [-0.2, 0) is 9.59 Å². The van der Waals surface area contributed by atoms with Crippen molar-refractivity contribution in [1.29, 1.82) is 0 Å². The molecule has 5 nitrogen and oxygen atoms in total. The van der Waals surface area contributed by atoms with Crippen LogP contribution in [0.3, 0.4) is 0 Å². The van der Waals surface area contributed by atoms with Crippen molar-refractivity contribution in [1.82, 2.24) is 0 Å². The van der Waals surface area contributed by atoms with Crippen LogP contribution in [0.5, 0.6) is 11.5 Å². The predicted molar refractivity (Wildman–Crippen MR) is 120 cm³/mol. The number of ether oxygens (including phenoxy) is 1. The van der Waals surface area contributed by atoms with Crippen LogP contribution in [0.4, 0.5) is 11.4 Å². The lowest BCUT2D eigenvalue weighted by molar-refractivity contribution is -0.117. The molecule has 30 heavy (non-hydrogen) atoms. The van der Waals surface area contributed by atoms with E-state index in [1.165, 1.54) is 11.8 Å². The summed E-state index contributed by atoms with van der Waals surface area (Å²) >= 11 is 1.43. The van der Waals surface area contributed by atoms with E-state index >= 15 is 0 Å². The zero-order chi connectivity index (χ0) is 20.8. The molecule has 152 valence electrons. The first-order valence-electron chi connectivity index (χ1n) is 9.82. The Kier molecular flexibility index (Phi) is 6.35. The molecule has 1 aliphatic rings. The van der Waals surface area contributed by atoms with Crippen molar-refractivity contribution in [3.8, 4) is 11.5 Å². The summed E-state index contributed by atoms with van der Waals surface area (Å²) in [7, 11) is 0. The van der Waals surface area contributed by atoms with Crippen LogP contribution in [0.15, 0.2) is 83.8 Å². The lowest BCUT2D eigenvalue weighted by atomic mass is 10.3. The molecule has 0 aromatic heterocycles. The number of para-hydroxylation sites is 1. The molecule has 1 aliphatic carbocycles. The van der Waals surface area contributed by atoms with Crippen LogP contribution in [0, 0.1) is 5.92 Å². The maximum Gasteiger partial charge on any atom is 0.234 e. The SMILES string of the molecule is O=C(CSc1cccc(NC(=O)C2CC2)c1)Nc1ccc(Oc2ccccc2)cc1. The van der Waals surface area contributed by atoms with Crippen LogP contribution in [0.2, 0.25) is 0 Å². The Morgan fingerprint density at radius 3 is 2.30 bits per heavy atom. The molecular formula is C24H22N2O3S. The Balaban J connectivity index is 1.26. The van der Waals surface area contributed by atoms with E-state index in [1.807, 2.05) is 78.9 Å². The van der Waals surface area contributed by atoms with Gasteiger partial charge in [0.05, 0.1) is 5.75 Å². The van der Waals surface area contributed by atoms with Gasteiger partial charge in [0.15, 0.2) is 0 Å². The number of nitrogens with one attached hydrogen (secondary N) is 2. The number of hydrogen-bond acceptors (Lipinski definition) is 4. The molecule has 4 rings (SSSR count). The van der Waals surface area contributed by atoms with Crippen molar-refractivity contribution in [2.75, 3.05) is 16.4 Å². The van der Waals surface area contributed by atoms with Crippen LogP contribution in [0.25, 0.3) is 0 Å². The monoisotopic (exact) mass is 418 g/mol. The molecule has 0 aliphatic heterocycles. The number of thioether (sulfide) groups is 1. The van der Waals surface area contributed by atoms with E-state index in [4.69, 9.17) is 4.74 Å². The van der Waals surface area contributed by atoms with Crippen molar-refractivity contribution < 1.29 is 14.3 Å². The molecule has 0 unspecified atom stereocenters. The molecule has 0 bridgehead atoms. The van der Waals surface area contributed by atoms with Crippen molar-refractivity contribution in [3.63, 3.8) is 0 Å². The second-order valence-electron chi connectivity index (χ2n) is 7.07. The fourth-order valence-corrected chi connectivity index (χ4v) is 3.59. The molecule has 1 fully saturated rings. The molecule has 0 heterocycles. The molecule has 6 heteroatoms. The van der Waals surface area contributed by atoms with Crippen LogP contribution >= 0.6 is 11.8 Å². The lowest BCUT2D eigenvalue weighted by Gasteiger charge is -2.09. The maximum absolute atomic E-state index is 12.3. The third-order valence-corrected chi connectivity index (χ3v) is 5.53. The lowest BCUT2D eigenvalue weighted by Crippen LogP contribution is -2.14. The molecule has 3 aromatic rings. The van der Waals surface area contributed by atoms with E-state index in [9.17, 15) is 9.59 Å². The minimum absolute atomic E-state index is 0.0783. The number of rotatable bonds is 8. The summed E-state index contributed by atoms with van der Waals surface area (Å²) in [5.41, 5.74) is 1.48. The Labute approximate surface area is 179 Å². The highest BCUT2D eigenvalue weighted by molar-refractivity contribution is 8.00. The Hall–Kier alpha value is -3.25. The average Bonchev–Trinajstić information content (AvgIpc) is 3.60. The van der Waals surface area contributed by atoms with Crippen LogP contribution in [-0.4, -0.2) is 17.6 Å². The quantitative estimate of drug-likeness (QED) is 0.470. The molecule has 1 saturated carbocycles. The summed E-state index contributed by atoms with van der Waals surface area (Å²) in [6.45, 7) is 0. The normalized spacial score (nSPS) is 12.8. The van der Waals surface area contributed by atoms with E-state index in [0.717, 1.165) is 29.2 Å². The van der Waals surface area contributed by atoms with Gasteiger partial charge in [-0.3, -0.25) is 9.59 Å². The number of carbonyl (C=O) groups excluding carboxylic acids is 2. The second-order valence-corrected chi connectivity index (χ2v) is 8.12. The molecule has 0 spiro atoms. The highest BCUT2D eigenvalue weighted by Crippen LogP contribution is 2.31. The van der Waals surface area contributed by atoms with Crippen molar-refractivity contribution in [3.05, 3.63) is 78.9 Å². The van der Waals surface area contributed by atoms with Gasteiger partial charge < -0.3 is 15.4 Å². The van der Waals surface area contributed by atoms with Gasteiger partial charge in [0.1, 0.15) is 11.5 Å². The maximum atomic E-state index is 12.3.